The molecule has 0 aliphatic carbocycles. The molecule has 0 radical (unpaired) electrons. The molecule has 0 unspecified atom stereocenters. The highest BCUT2D eigenvalue weighted by molar-refractivity contribution is 7.89. The van der Waals surface area contributed by atoms with Gasteiger partial charge in [0.15, 0.2) is 0 Å². The smallest absolute Gasteiger partial charge is 0.274 e. The first kappa shape index (κ1) is 22.6. The summed E-state index contributed by atoms with van der Waals surface area (Å²) in [6, 6.07) is 23.5. The Morgan fingerprint density at radius 1 is 0.879 bits per heavy atom. The predicted molar refractivity (Wildman–Crippen MR) is 126 cm³/mol. The number of hydrogen-bond donors (Lipinski definition) is 0. The average molecular weight is 465 g/mol. The van der Waals surface area contributed by atoms with Crippen molar-refractivity contribution >= 4 is 20.9 Å². The van der Waals surface area contributed by atoms with Crippen LogP contribution in [0.25, 0.3) is 10.9 Å². The van der Waals surface area contributed by atoms with Crippen molar-refractivity contribution in [2.45, 2.75) is 17.9 Å². The molecule has 0 aliphatic heterocycles. The fourth-order valence-corrected chi connectivity index (χ4v) is 4.71. The molecule has 33 heavy (non-hydrogen) atoms. The van der Waals surface area contributed by atoms with Crippen LogP contribution in [0.1, 0.15) is 6.92 Å². The minimum atomic E-state index is -3.97. The van der Waals surface area contributed by atoms with Crippen LogP contribution in [0.4, 0.5) is 0 Å². The number of aromatic nitrogens is 1. The maximum atomic E-state index is 13.4. The van der Waals surface area contributed by atoms with E-state index >= 15 is 0 Å². The van der Waals surface area contributed by atoms with Gasteiger partial charge in [0.2, 0.25) is 0 Å². The first-order valence-electron chi connectivity index (χ1n) is 10.4. The highest BCUT2D eigenvalue weighted by atomic mass is 32.2. The lowest BCUT2D eigenvalue weighted by Gasteiger charge is -2.28. The van der Waals surface area contributed by atoms with Crippen LogP contribution in [0.3, 0.4) is 0 Å². The van der Waals surface area contributed by atoms with Crippen molar-refractivity contribution in [3.8, 4) is 17.2 Å². The summed E-state index contributed by atoms with van der Waals surface area (Å²) in [4.78, 5) is 10.3. The second-order valence-electron chi connectivity index (χ2n) is 7.33. The molecule has 3 aromatic carbocycles. The van der Waals surface area contributed by atoms with E-state index in [0.29, 0.717) is 17.2 Å². The van der Waals surface area contributed by atoms with Gasteiger partial charge in [-0.2, -0.15) is 0 Å². The summed E-state index contributed by atoms with van der Waals surface area (Å²) >= 11 is 0. The number of nitrogens with zero attached hydrogens (tertiary/aromatic N) is 2. The number of methoxy groups -OCH3 is 1. The van der Waals surface area contributed by atoms with Crippen LogP contribution in [0.15, 0.2) is 96.0 Å². The molecule has 0 fully saturated rings. The first-order valence-corrected chi connectivity index (χ1v) is 11.8. The minimum absolute atomic E-state index is 0.0657. The molecule has 0 N–H and O–H groups in total. The Hall–Kier alpha value is -3.62. The largest absolute Gasteiger partial charge is 0.497 e. The van der Waals surface area contributed by atoms with Crippen LogP contribution in [0, 0.1) is 0 Å². The summed E-state index contributed by atoms with van der Waals surface area (Å²) in [5.74, 6) is 1.62. The number of sulfonamides is 1. The van der Waals surface area contributed by atoms with Crippen molar-refractivity contribution < 1.29 is 22.7 Å². The number of hydroxylamine groups is 1. The van der Waals surface area contributed by atoms with Gasteiger partial charge in [-0.15, -0.1) is 0 Å². The fourth-order valence-electron chi connectivity index (χ4n) is 3.28. The summed E-state index contributed by atoms with van der Waals surface area (Å²) in [7, 11) is -2.41. The van der Waals surface area contributed by atoms with Crippen LogP contribution in [0.5, 0.6) is 17.2 Å². The van der Waals surface area contributed by atoms with Crippen LogP contribution < -0.4 is 14.3 Å². The van der Waals surface area contributed by atoms with Gasteiger partial charge in [-0.25, -0.2) is 8.42 Å². The summed E-state index contributed by atoms with van der Waals surface area (Å²) in [5.41, 5.74) is 0.797. The van der Waals surface area contributed by atoms with Gasteiger partial charge in [-0.05, 0) is 72.1 Å². The molecule has 0 spiro atoms. The Morgan fingerprint density at radius 3 is 2.33 bits per heavy atom. The normalized spacial score (nSPS) is 12.5. The zero-order valence-corrected chi connectivity index (χ0v) is 19.1. The number of pyridine rings is 1. The molecule has 0 saturated heterocycles. The molecule has 7 nitrogen and oxygen atoms in total. The molecule has 0 aliphatic rings. The second kappa shape index (κ2) is 9.89. The van der Waals surface area contributed by atoms with Crippen LogP contribution in [-0.4, -0.2) is 37.6 Å². The lowest BCUT2D eigenvalue weighted by Crippen LogP contribution is -2.44. The zero-order valence-electron chi connectivity index (χ0n) is 18.3. The highest BCUT2D eigenvalue weighted by Gasteiger charge is 2.32. The van der Waals surface area contributed by atoms with Crippen molar-refractivity contribution in [3.63, 3.8) is 0 Å². The second-order valence-corrected chi connectivity index (χ2v) is 9.11. The van der Waals surface area contributed by atoms with Crippen LogP contribution in [0.2, 0.25) is 0 Å². The van der Waals surface area contributed by atoms with E-state index in [-0.39, 0.29) is 11.5 Å². The molecule has 4 aromatic rings. The lowest BCUT2D eigenvalue weighted by atomic mass is 10.2. The molecule has 1 heterocycles. The average Bonchev–Trinajstić information content (AvgIpc) is 2.86. The molecule has 0 saturated carbocycles. The number of rotatable bonds is 9. The molecule has 0 amide bonds. The van der Waals surface area contributed by atoms with Crippen LogP contribution >= 0.6 is 0 Å². The van der Waals surface area contributed by atoms with E-state index in [1.54, 1.807) is 62.7 Å². The number of fused-ring (bicyclic) bond motifs is 1. The third-order valence-electron chi connectivity index (χ3n) is 4.98. The number of hydrogen-bond acceptors (Lipinski definition) is 6. The predicted octanol–water partition coefficient (Wildman–Crippen LogP) is 4.70. The third-order valence-corrected chi connectivity index (χ3v) is 6.75. The Bertz CT molecular complexity index is 1310. The molecule has 8 heteroatoms. The molecule has 1 aromatic heterocycles. The number of benzene rings is 3. The van der Waals surface area contributed by atoms with Gasteiger partial charge in [0.1, 0.15) is 23.9 Å². The van der Waals surface area contributed by atoms with Crippen molar-refractivity contribution in [2.75, 3.05) is 13.7 Å². The molecular formula is C25H24N2O5S. The summed E-state index contributed by atoms with van der Waals surface area (Å²) in [6.45, 7) is 1.80. The van der Waals surface area contributed by atoms with E-state index < -0.39 is 16.1 Å². The summed E-state index contributed by atoms with van der Waals surface area (Å²) in [5, 5.41) is 0.848. The lowest BCUT2D eigenvalue weighted by molar-refractivity contribution is -0.0131. The molecule has 0 bridgehead atoms. The first-order chi connectivity index (χ1) is 16.0. The molecule has 1 atom stereocenters. The molecule has 4 rings (SSSR count). The quantitative estimate of drug-likeness (QED) is 0.334. The van der Waals surface area contributed by atoms with Crippen molar-refractivity contribution in [1.29, 1.82) is 0 Å². The SMILES string of the molecule is COc1ccc(ON([C@@H](C)COc2cccc3ncccc23)S(=O)(=O)c2ccccc2)cc1. The maximum Gasteiger partial charge on any atom is 0.274 e. The Labute approximate surface area is 193 Å². The molecule has 170 valence electrons. The van der Waals surface area contributed by atoms with Crippen molar-refractivity contribution in [3.05, 3.63) is 91.1 Å². The van der Waals surface area contributed by atoms with E-state index in [0.717, 1.165) is 15.4 Å². The highest BCUT2D eigenvalue weighted by Crippen LogP contribution is 2.26. The van der Waals surface area contributed by atoms with Crippen LogP contribution in [-0.2, 0) is 10.0 Å². The maximum absolute atomic E-state index is 13.4. The van der Waals surface area contributed by atoms with Gasteiger partial charge in [0.25, 0.3) is 10.0 Å². The van der Waals surface area contributed by atoms with Gasteiger partial charge < -0.3 is 14.3 Å². The van der Waals surface area contributed by atoms with E-state index in [2.05, 4.69) is 4.98 Å². The summed E-state index contributed by atoms with van der Waals surface area (Å²) in [6.07, 6.45) is 1.71. The van der Waals surface area contributed by atoms with Crippen molar-refractivity contribution in [1.82, 2.24) is 9.45 Å². The standard InChI is InChI=1S/C25H24N2O5S/c1-19(18-31-25-12-6-11-24-23(25)10-7-17-26-24)27(32-21-15-13-20(30-2)14-16-21)33(28,29)22-8-4-3-5-9-22/h3-17,19H,18H2,1-2H3/t19-/m0/s1. The van der Waals surface area contributed by atoms with Gasteiger partial charge in [0, 0.05) is 11.6 Å². The Kier molecular flexibility index (Phi) is 6.76. The van der Waals surface area contributed by atoms with E-state index in [1.807, 2.05) is 30.3 Å². The topological polar surface area (TPSA) is 78.0 Å². The zero-order chi connectivity index (χ0) is 23.3. The van der Waals surface area contributed by atoms with Gasteiger partial charge >= 0.3 is 0 Å². The van der Waals surface area contributed by atoms with E-state index in [4.69, 9.17) is 14.3 Å². The van der Waals surface area contributed by atoms with Crippen molar-refractivity contribution in [2.24, 2.45) is 0 Å². The number of ether oxygens (including phenoxy) is 2. The fraction of sp³-hybridized carbons (Fsp3) is 0.160. The third kappa shape index (κ3) is 5.08. The minimum Gasteiger partial charge on any atom is -0.497 e. The van der Waals surface area contributed by atoms with E-state index in [9.17, 15) is 8.42 Å². The van der Waals surface area contributed by atoms with Gasteiger partial charge in [-0.1, -0.05) is 24.3 Å². The van der Waals surface area contributed by atoms with Gasteiger partial charge in [0.05, 0.1) is 23.6 Å². The van der Waals surface area contributed by atoms with E-state index in [1.165, 1.54) is 12.1 Å². The monoisotopic (exact) mass is 464 g/mol. The van der Waals surface area contributed by atoms with Gasteiger partial charge in [-0.3, -0.25) is 4.98 Å². The molecular weight excluding hydrogens is 440 g/mol. The summed E-state index contributed by atoms with van der Waals surface area (Å²) < 4.78 is 39.0. The Morgan fingerprint density at radius 2 is 1.61 bits per heavy atom. The Balaban J connectivity index is 1.61.